The lowest BCUT2D eigenvalue weighted by Gasteiger charge is -2.33. The molecule has 0 amide bonds. The van der Waals surface area contributed by atoms with Gasteiger partial charge in [-0.05, 0) is 31.2 Å². The van der Waals surface area contributed by atoms with Crippen molar-refractivity contribution in [3.8, 4) is 0 Å². The van der Waals surface area contributed by atoms with Crippen molar-refractivity contribution in [2.45, 2.75) is 6.42 Å². The van der Waals surface area contributed by atoms with Crippen molar-refractivity contribution in [3.63, 3.8) is 0 Å². The third kappa shape index (κ3) is 6.56. The number of aromatic nitrogens is 4. The molecule has 0 spiro atoms. The first-order valence-electron chi connectivity index (χ1n) is 10.9. The molecular formula is C22H27BrN8O2. The third-order valence-electron chi connectivity index (χ3n) is 5.44. The van der Waals surface area contributed by atoms with Crippen molar-refractivity contribution < 1.29 is 9.53 Å². The maximum atomic E-state index is 11.4. The number of carbonyl (C=O) groups excluding carboxylic acids is 1. The van der Waals surface area contributed by atoms with Gasteiger partial charge in [-0.2, -0.15) is 0 Å². The third-order valence-corrected chi connectivity index (χ3v) is 5.94. The summed E-state index contributed by atoms with van der Waals surface area (Å²) in [6, 6.07) is 7.87. The number of nitrogens with one attached hydrogen (secondary N) is 2. The predicted molar refractivity (Wildman–Crippen MR) is 131 cm³/mol. The van der Waals surface area contributed by atoms with Crippen LogP contribution in [0.25, 0.3) is 11.0 Å². The van der Waals surface area contributed by atoms with Crippen molar-refractivity contribution in [2.24, 2.45) is 0 Å². The standard InChI is InChI=1S/C22H27BrN8O2/c1-33-19(32)14-31-10-8-30(9-11-31)7-3-6-24-22-25-13-18-20(29-22)21(27-15-26-18)28-17-5-2-4-16(23)12-17/h2,4-5,12-13,15H,3,6-11,14H2,1H3,(H,24,25,29)(H,26,27,28). The van der Waals surface area contributed by atoms with E-state index in [1.165, 1.54) is 13.4 Å². The van der Waals surface area contributed by atoms with Crippen molar-refractivity contribution >= 4 is 50.4 Å². The molecule has 0 radical (unpaired) electrons. The number of ether oxygens (including phenoxy) is 1. The van der Waals surface area contributed by atoms with Crippen LogP contribution in [-0.4, -0.2) is 88.6 Å². The summed E-state index contributed by atoms with van der Waals surface area (Å²) < 4.78 is 5.72. The Balaban J connectivity index is 1.28. The molecule has 1 aromatic carbocycles. The van der Waals surface area contributed by atoms with Crippen LogP contribution < -0.4 is 10.6 Å². The van der Waals surface area contributed by atoms with E-state index in [-0.39, 0.29) is 5.97 Å². The Labute approximate surface area is 200 Å². The van der Waals surface area contributed by atoms with Gasteiger partial charge in [-0.1, -0.05) is 22.0 Å². The van der Waals surface area contributed by atoms with E-state index in [4.69, 9.17) is 4.74 Å². The zero-order chi connectivity index (χ0) is 23.0. The highest BCUT2D eigenvalue weighted by Gasteiger charge is 2.18. The summed E-state index contributed by atoms with van der Waals surface area (Å²) in [6.45, 7) is 5.76. The van der Waals surface area contributed by atoms with E-state index in [9.17, 15) is 4.79 Å². The fraction of sp³-hybridized carbons (Fsp3) is 0.409. The lowest BCUT2D eigenvalue weighted by Crippen LogP contribution is -2.48. The molecule has 0 unspecified atom stereocenters. The summed E-state index contributed by atoms with van der Waals surface area (Å²) in [5.74, 6) is 1.01. The van der Waals surface area contributed by atoms with Gasteiger partial charge in [-0.25, -0.2) is 19.9 Å². The SMILES string of the molecule is COC(=O)CN1CCN(CCCNc2ncc3ncnc(Nc4cccc(Br)c4)c3n2)CC1. The summed E-state index contributed by atoms with van der Waals surface area (Å²) in [7, 11) is 1.43. The largest absolute Gasteiger partial charge is 0.468 e. The fourth-order valence-corrected chi connectivity index (χ4v) is 4.05. The Morgan fingerprint density at radius 1 is 1.15 bits per heavy atom. The van der Waals surface area contributed by atoms with Gasteiger partial charge in [-0.15, -0.1) is 0 Å². The summed E-state index contributed by atoms with van der Waals surface area (Å²) in [6.07, 6.45) is 4.18. The number of benzene rings is 1. The summed E-state index contributed by atoms with van der Waals surface area (Å²) in [5, 5.41) is 6.61. The quantitative estimate of drug-likeness (QED) is 0.326. The van der Waals surface area contributed by atoms with E-state index < -0.39 is 0 Å². The second-order valence-electron chi connectivity index (χ2n) is 7.76. The molecule has 0 saturated carbocycles. The molecule has 10 nitrogen and oxygen atoms in total. The van der Waals surface area contributed by atoms with Crippen LogP contribution in [0.1, 0.15) is 6.42 Å². The normalized spacial score (nSPS) is 14.8. The Morgan fingerprint density at radius 2 is 1.97 bits per heavy atom. The topological polar surface area (TPSA) is 108 Å². The van der Waals surface area contributed by atoms with E-state index in [2.05, 4.69) is 56.3 Å². The number of fused-ring (bicyclic) bond motifs is 1. The van der Waals surface area contributed by atoms with E-state index >= 15 is 0 Å². The van der Waals surface area contributed by atoms with Crippen LogP contribution in [0.2, 0.25) is 0 Å². The number of carbonyl (C=O) groups is 1. The summed E-state index contributed by atoms with van der Waals surface area (Å²) in [4.78, 5) is 33.6. The Morgan fingerprint density at radius 3 is 2.76 bits per heavy atom. The van der Waals surface area contributed by atoms with Gasteiger partial charge in [0.25, 0.3) is 0 Å². The molecule has 11 heteroatoms. The lowest BCUT2D eigenvalue weighted by atomic mass is 10.3. The van der Waals surface area contributed by atoms with E-state index in [1.807, 2.05) is 24.3 Å². The molecule has 3 aromatic rings. The van der Waals surface area contributed by atoms with Crippen LogP contribution in [0.3, 0.4) is 0 Å². The molecule has 2 N–H and O–H groups in total. The molecule has 1 saturated heterocycles. The van der Waals surface area contributed by atoms with Gasteiger partial charge in [0.1, 0.15) is 17.4 Å². The number of hydrogen-bond acceptors (Lipinski definition) is 10. The Hall–Kier alpha value is -2.89. The molecular weight excluding hydrogens is 488 g/mol. The molecule has 1 aliphatic rings. The van der Waals surface area contributed by atoms with Crippen LogP contribution in [0.15, 0.2) is 41.3 Å². The Bertz CT molecular complexity index is 1090. The highest BCUT2D eigenvalue weighted by molar-refractivity contribution is 9.10. The summed E-state index contributed by atoms with van der Waals surface area (Å²) >= 11 is 3.48. The van der Waals surface area contributed by atoms with Gasteiger partial charge in [0.05, 0.1) is 19.9 Å². The monoisotopic (exact) mass is 514 g/mol. The van der Waals surface area contributed by atoms with Crippen molar-refractivity contribution in [2.75, 3.05) is 63.6 Å². The number of piperazine rings is 1. The first-order chi connectivity index (χ1) is 16.1. The van der Waals surface area contributed by atoms with Gasteiger partial charge >= 0.3 is 5.97 Å². The zero-order valence-electron chi connectivity index (χ0n) is 18.5. The maximum Gasteiger partial charge on any atom is 0.319 e. The van der Waals surface area contributed by atoms with Gasteiger partial charge in [0.2, 0.25) is 5.95 Å². The first kappa shape index (κ1) is 23.3. The van der Waals surface area contributed by atoms with E-state index in [0.29, 0.717) is 29.3 Å². The molecule has 1 fully saturated rings. The molecule has 1 aliphatic heterocycles. The maximum absolute atomic E-state index is 11.4. The lowest BCUT2D eigenvalue weighted by molar-refractivity contribution is -0.142. The number of rotatable bonds is 9. The molecule has 0 aliphatic carbocycles. The Kier molecular flexibility index (Phi) is 7.97. The van der Waals surface area contributed by atoms with Crippen molar-refractivity contribution in [3.05, 3.63) is 41.3 Å². The van der Waals surface area contributed by atoms with Crippen LogP contribution >= 0.6 is 15.9 Å². The van der Waals surface area contributed by atoms with Crippen molar-refractivity contribution in [1.82, 2.24) is 29.7 Å². The number of methoxy groups -OCH3 is 1. The predicted octanol–water partition coefficient (Wildman–Crippen LogP) is 2.52. The number of nitrogens with zero attached hydrogens (tertiary/aromatic N) is 6. The minimum absolute atomic E-state index is 0.177. The number of halogens is 1. The smallest absolute Gasteiger partial charge is 0.319 e. The second-order valence-corrected chi connectivity index (χ2v) is 8.68. The fourth-order valence-electron chi connectivity index (χ4n) is 3.65. The average molecular weight is 515 g/mol. The highest BCUT2D eigenvalue weighted by atomic mass is 79.9. The second kappa shape index (κ2) is 11.3. The highest BCUT2D eigenvalue weighted by Crippen LogP contribution is 2.23. The molecule has 4 rings (SSSR count). The minimum atomic E-state index is -0.177. The molecule has 174 valence electrons. The van der Waals surface area contributed by atoms with Gasteiger partial charge in [0.15, 0.2) is 5.82 Å². The van der Waals surface area contributed by atoms with Gasteiger partial charge < -0.3 is 20.3 Å². The molecule has 0 atom stereocenters. The van der Waals surface area contributed by atoms with E-state index in [1.54, 1.807) is 6.20 Å². The molecule has 33 heavy (non-hydrogen) atoms. The molecule has 2 aromatic heterocycles. The average Bonchev–Trinajstić information content (AvgIpc) is 2.83. The van der Waals surface area contributed by atoms with E-state index in [0.717, 1.165) is 55.8 Å². The number of anilines is 3. The molecule has 0 bridgehead atoms. The molecule has 3 heterocycles. The summed E-state index contributed by atoms with van der Waals surface area (Å²) in [5.41, 5.74) is 2.25. The first-order valence-corrected chi connectivity index (χ1v) is 11.7. The van der Waals surface area contributed by atoms with Gasteiger partial charge in [-0.3, -0.25) is 9.69 Å². The van der Waals surface area contributed by atoms with Crippen LogP contribution in [0, 0.1) is 0 Å². The zero-order valence-corrected chi connectivity index (χ0v) is 20.1. The van der Waals surface area contributed by atoms with Crippen LogP contribution in [0.4, 0.5) is 17.5 Å². The van der Waals surface area contributed by atoms with Crippen LogP contribution in [0.5, 0.6) is 0 Å². The number of esters is 1. The van der Waals surface area contributed by atoms with Crippen molar-refractivity contribution in [1.29, 1.82) is 0 Å². The van der Waals surface area contributed by atoms with Crippen LogP contribution in [-0.2, 0) is 9.53 Å². The minimum Gasteiger partial charge on any atom is -0.468 e. The number of hydrogen-bond donors (Lipinski definition) is 2. The van der Waals surface area contributed by atoms with Gasteiger partial charge in [0, 0.05) is 42.9 Å².